The third-order valence-corrected chi connectivity index (χ3v) is 4.47. The Balaban J connectivity index is 2.53. The lowest BCUT2D eigenvalue weighted by atomic mass is 10.0. The molecule has 0 aromatic carbocycles. The number of Topliss-reactive ketones (excluding diaryl/α,β-unsaturated/α-hetero) is 1. The minimum Gasteiger partial charge on any atom is -0.365 e. The summed E-state index contributed by atoms with van der Waals surface area (Å²) in [4.78, 5) is 14.8. The van der Waals surface area contributed by atoms with Crippen molar-refractivity contribution in [3.05, 3.63) is 24.0 Å². The standard InChI is InChI=1S/C11H18NO4P/c1-9(11-5-4-6-12-11)7-10(13)8-17(14,15-2)16-3/h4-6,9,12H,7-8H2,1-3H3. The number of carbonyl (C=O) groups excluding carboxylic acids is 1. The third-order valence-electron chi connectivity index (χ3n) is 2.61. The van der Waals surface area contributed by atoms with E-state index in [1.807, 2.05) is 25.3 Å². The lowest BCUT2D eigenvalue weighted by molar-refractivity contribution is -0.117. The summed E-state index contributed by atoms with van der Waals surface area (Å²) in [6.07, 6.45) is 1.95. The molecule has 17 heavy (non-hydrogen) atoms. The second kappa shape index (κ2) is 6.15. The van der Waals surface area contributed by atoms with Gasteiger partial charge in [0.05, 0.1) is 0 Å². The Hall–Kier alpha value is -0.900. The van der Waals surface area contributed by atoms with Crippen molar-refractivity contribution in [2.45, 2.75) is 19.3 Å². The number of rotatable bonds is 7. The lowest BCUT2D eigenvalue weighted by Crippen LogP contribution is -2.11. The second-order valence-electron chi connectivity index (χ2n) is 3.90. The number of carbonyl (C=O) groups is 1. The Morgan fingerprint density at radius 1 is 1.47 bits per heavy atom. The molecule has 1 rings (SSSR count). The fourth-order valence-electron chi connectivity index (χ4n) is 1.59. The van der Waals surface area contributed by atoms with Gasteiger partial charge in [0.15, 0.2) is 0 Å². The average Bonchev–Trinajstić information content (AvgIpc) is 2.82. The van der Waals surface area contributed by atoms with Crippen molar-refractivity contribution in [2.75, 3.05) is 20.4 Å². The molecule has 0 aliphatic heterocycles. The van der Waals surface area contributed by atoms with Gasteiger partial charge in [-0.25, -0.2) is 0 Å². The SMILES string of the molecule is COP(=O)(CC(=O)CC(C)c1ccc[nH]1)OC. The number of aromatic amines is 1. The monoisotopic (exact) mass is 259 g/mol. The predicted molar refractivity (Wildman–Crippen MR) is 65.3 cm³/mol. The fraction of sp³-hybridized carbons (Fsp3) is 0.545. The Bertz CT molecular complexity index is 394. The summed E-state index contributed by atoms with van der Waals surface area (Å²) in [5.74, 6) is -0.0567. The van der Waals surface area contributed by atoms with Crippen LogP contribution >= 0.6 is 7.60 Å². The number of nitrogens with one attached hydrogen (secondary N) is 1. The molecule has 0 radical (unpaired) electrons. The van der Waals surface area contributed by atoms with Crippen molar-refractivity contribution in [1.82, 2.24) is 4.98 Å². The van der Waals surface area contributed by atoms with Gasteiger partial charge in [-0.2, -0.15) is 0 Å². The Kier molecular flexibility index (Phi) is 5.12. The van der Waals surface area contributed by atoms with E-state index in [1.165, 1.54) is 14.2 Å². The largest absolute Gasteiger partial charge is 0.365 e. The molecule has 5 nitrogen and oxygen atoms in total. The van der Waals surface area contributed by atoms with Gasteiger partial charge in [-0.15, -0.1) is 0 Å². The molecule has 0 amide bonds. The molecule has 0 bridgehead atoms. The van der Waals surface area contributed by atoms with Crippen LogP contribution in [0.1, 0.15) is 25.0 Å². The van der Waals surface area contributed by atoms with E-state index in [1.54, 1.807) is 0 Å². The van der Waals surface area contributed by atoms with E-state index in [2.05, 4.69) is 4.98 Å². The quantitative estimate of drug-likeness (QED) is 0.764. The van der Waals surface area contributed by atoms with Crippen molar-refractivity contribution < 1.29 is 18.4 Å². The summed E-state index contributed by atoms with van der Waals surface area (Å²) in [5.41, 5.74) is 0.989. The van der Waals surface area contributed by atoms with Crippen LogP contribution in [0.4, 0.5) is 0 Å². The summed E-state index contributed by atoms with van der Waals surface area (Å²) in [5, 5.41) is 0. The molecule has 0 spiro atoms. The Labute approximate surface area is 101 Å². The summed E-state index contributed by atoms with van der Waals surface area (Å²) in [6, 6.07) is 3.80. The first-order chi connectivity index (χ1) is 8.00. The molecule has 0 saturated carbocycles. The van der Waals surface area contributed by atoms with Crippen molar-refractivity contribution in [1.29, 1.82) is 0 Å². The maximum atomic E-state index is 11.8. The minimum atomic E-state index is -3.23. The highest BCUT2D eigenvalue weighted by molar-refractivity contribution is 7.54. The molecule has 1 N–H and O–H groups in total. The normalized spacial score (nSPS) is 13.6. The minimum absolute atomic E-state index is 0.0691. The third kappa shape index (κ3) is 4.11. The van der Waals surface area contributed by atoms with Gasteiger partial charge in [0.2, 0.25) is 0 Å². The number of H-pyrrole nitrogens is 1. The zero-order valence-corrected chi connectivity index (χ0v) is 11.2. The molecular weight excluding hydrogens is 241 g/mol. The second-order valence-corrected chi connectivity index (χ2v) is 6.17. The highest BCUT2D eigenvalue weighted by atomic mass is 31.2. The van der Waals surface area contributed by atoms with Gasteiger partial charge in [0.25, 0.3) is 0 Å². The van der Waals surface area contributed by atoms with Gasteiger partial charge >= 0.3 is 7.60 Å². The van der Waals surface area contributed by atoms with Crippen molar-refractivity contribution in [2.24, 2.45) is 0 Å². The first-order valence-electron chi connectivity index (χ1n) is 5.36. The van der Waals surface area contributed by atoms with Crippen LogP contribution in [0.5, 0.6) is 0 Å². The van der Waals surface area contributed by atoms with Crippen LogP contribution < -0.4 is 0 Å². The molecular formula is C11H18NO4P. The highest BCUT2D eigenvalue weighted by Crippen LogP contribution is 2.46. The maximum absolute atomic E-state index is 11.8. The molecule has 1 atom stereocenters. The smallest absolute Gasteiger partial charge is 0.337 e. The average molecular weight is 259 g/mol. The zero-order chi connectivity index (χ0) is 12.9. The van der Waals surface area contributed by atoms with E-state index in [4.69, 9.17) is 9.05 Å². The molecule has 0 aliphatic carbocycles. The van der Waals surface area contributed by atoms with Crippen LogP contribution in [-0.2, 0) is 18.4 Å². The van der Waals surface area contributed by atoms with Crippen molar-refractivity contribution in [3.63, 3.8) is 0 Å². The summed E-state index contributed by atoms with van der Waals surface area (Å²) >= 11 is 0. The molecule has 0 saturated heterocycles. The molecule has 0 aliphatic rings. The summed E-state index contributed by atoms with van der Waals surface area (Å²) in [7, 11) is -0.663. The summed E-state index contributed by atoms with van der Waals surface area (Å²) < 4.78 is 21.2. The Morgan fingerprint density at radius 2 is 2.12 bits per heavy atom. The predicted octanol–water partition coefficient (Wildman–Crippen LogP) is 2.56. The molecule has 6 heteroatoms. The van der Waals surface area contributed by atoms with Crippen LogP contribution in [0.25, 0.3) is 0 Å². The molecule has 1 aromatic rings. The highest BCUT2D eigenvalue weighted by Gasteiger charge is 2.26. The van der Waals surface area contributed by atoms with Gasteiger partial charge in [-0.3, -0.25) is 9.36 Å². The number of hydrogen-bond donors (Lipinski definition) is 1. The summed E-state index contributed by atoms with van der Waals surface area (Å²) in [6.45, 7) is 1.94. The van der Waals surface area contributed by atoms with Gasteiger partial charge in [-0.05, 0) is 12.1 Å². The first-order valence-corrected chi connectivity index (χ1v) is 7.09. The number of ketones is 1. The maximum Gasteiger partial charge on any atom is 0.337 e. The van der Waals surface area contributed by atoms with Crippen LogP contribution in [0, 0.1) is 0 Å². The van der Waals surface area contributed by atoms with E-state index in [0.717, 1.165) is 5.69 Å². The molecule has 1 unspecified atom stereocenters. The zero-order valence-electron chi connectivity index (χ0n) is 10.3. The number of aromatic nitrogens is 1. The van der Waals surface area contributed by atoms with E-state index in [-0.39, 0.29) is 17.9 Å². The van der Waals surface area contributed by atoms with Gasteiger partial charge in [0, 0.05) is 38.4 Å². The van der Waals surface area contributed by atoms with Crippen LogP contribution in [0.3, 0.4) is 0 Å². The van der Waals surface area contributed by atoms with E-state index >= 15 is 0 Å². The van der Waals surface area contributed by atoms with E-state index < -0.39 is 7.60 Å². The van der Waals surface area contributed by atoms with Crippen LogP contribution in [-0.4, -0.2) is 31.1 Å². The number of hydrogen-bond acceptors (Lipinski definition) is 4. The molecule has 0 fully saturated rings. The molecule has 1 aromatic heterocycles. The van der Waals surface area contributed by atoms with Gasteiger partial charge in [-0.1, -0.05) is 6.92 Å². The van der Waals surface area contributed by atoms with Gasteiger partial charge < -0.3 is 14.0 Å². The lowest BCUT2D eigenvalue weighted by Gasteiger charge is -2.14. The van der Waals surface area contributed by atoms with Gasteiger partial charge in [0.1, 0.15) is 11.9 Å². The first kappa shape index (κ1) is 14.2. The van der Waals surface area contributed by atoms with Crippen molar-refractivity contribution in [3.8, 4) is 0 Å². The van der Waals surface area contributed by atoms with Crippen LogP contribution in [0.15, 0.2) is 18.3 Å². The van der Waals surface area contributed by atoms with E-state index in [0.29, 0.717) is 6.42 Å². The topological polar surface area (TPSA) is 68.4 Å². The molecule has 96 valence electrons. The molecule has 1 heterocycles. The van der Waals surface area contributed by atoms with Crippen LogP contribution in [0.2, 0.25) is 0 Å². The van der Waals surface area contributed by atoms with Crippen molar-refractivity contribution >= 4 is 13.4 Å². The van der Waals surface area contributed by atoms with E-state index in [9.17, 15) is 9.36 Å². The Morgan fingerprint density at radius 3 is 2.59 bits per heavy atom. The fourth-order valence-corrected chi connectivity index (χ4v) is 2.55.